The molecule has 1 aromatic carbocycles. The second kappa shape index (κ2) is 14.9. The molecule has 0 saturated carbocycles. The van der Waals surface area contributed by atoms with Crippen LogP contribution in [0.3, 0.4) is 0 Å². The Labute approximate surface area is 189 Å². The molecule has 28 heavy (non-hydrogen) atoms. The van der Waals surface area contributed by atoms with Crippen molar-refractivity contribution in [3.63, 3.8) is 0 Å². The summed E-state index contributed by atoms with van der Waals surface area (Å²) in [6.45, 7) is 7.30. The zero-order valence-corrected chi connectivity index (χ0v) is 20.3. The number of nitrogens with one attached hydrogen (secondary N) is 2. The van der Waals surface area contributed by atoms with E-state index in [1.54, 1.807) is 0 Å². The van der Waals surface area contributed by atoms with Gasteiger partial charge in [0, 0.05) is 37.9 Å². The minimum Gasteiger partial charge on any atom is -0.369 e. The van der Waals surface area contributed by atoms with Gasteiger partial charge in [-0.2, -0.15) is 0 Å². The molecule has 0 amide bonds. The lowest BCUT2D eigenvalue weighted by molar-refractivity contribution is 0.390. The summed E-state index contributed by atoms with van der Waals surface area (Å²) in [5.74, 6) is 0.977. The fourth-order valence-electron chi connectivity index (χ4n) is 3.53. The van der Waals surface area contributed by atoms with Crippen LogP contribution in [0.25, 0.3) is 0 Å². The Balaban J connectivity index is 0.00000392. The number of anilines is 1. The lowest BCUT2D eigenvalue weighted by Gasteiger charge is -2.20. The lowest BCUT2D eigenvalue weighted by Crippen LogP contribution is -2.44. The molecule has 0 spiro atoms. The molecule has 0 bridgehead atoms. The minimum atomic E-state index is 0. The quantitative estimate of drug-likeness (QED) is 0.209. The summed E-state index contributed by atoms with van der Waals surface area (Å²) < 4.78 is 0. The van der Waals surface area contributed by atoms with E-state index in [-0.39, 0.29) is 24.0 Å². The summed E-state index contributed by atoms with van der Waals surface area (Å²) in [5, 5.41) is 7.03. The van der Waals surface area contributed by atoms with Crippen molar-refractivity contribution < 1.29 is 0 Å². The van der Waals surface area contributed by atoms with Crippen molar-refractivity contribution in [1.29, 1.82) is 0 Å². The molecule has 1 aliphatic rings. The molecule has 1 heterocycles. The standard InChI is InChI=1S/C22H39N5.HI/c1-4-23-22(24-16-11-6-5-7-12-17-26(2)3)25-20-15-18-27(19-20)21-13-9-8-10-14-21;/h8-10,13-14,20H,4-7,11-12,15-19H2,1-3H3,(H2,23,24,25);1H. The summed E-state index contributed by atoms with van der Waals surface area (Å²) in [6.07, 6.45) is 7.58. The molecule has 2 rings (SSSR count). The molecule has 1 saturated heterocycles. The molecule has 1 aromatic rings. The van der Waals surface area contributed by atoms with Crippen molar-refractivity contribution in [2.24, 2.45) is 4.99 Å². The van der Waals surface area contributed by atoms with Gasteiger partial charge >= 0.3 is 0 Å². The first-order valence-corrected chi connectivity index (χ1v) is 10.7. The SMILES string of the molecule is CCNC(=NCCCCCCCN(C)C)NC1CCN(c2ccccc2)C1.I. The van der Waals surface area contributed by atoms with Crippen LogP contribution >= 0.6 is 24.0 Å². The number of aliphatic imine (C=N–C) groups is 1. The molecule has 0 aliphatic carbocycles. The summed E-state index contributed by atoms with van der Waals surface area (Å²) in [7, 11) is 4.29. The molecule has 160 valence electrons. The summed E-state index contributed by atoms with van der Waals surface area (Å²) in [6, 6.07) is 11.2. The van der Waals surface area contributed by atoms with Crippen LogP contribution in [-0.4, -0.2) is 63.7 Å². The van der Waals surface area contributed by atoms with Crippen molar-refractivity contribution >= 4 is 35.6 Å². The third-order valence-corrected chi connectivity index (χ3v) is 5.03. The second-order valence-corrected chi connectivity index (χ2v) is 7.74. The fraction of sp³-hybridized carbons (Fsp3) is 0.682. The van der Waals surface area contributed by atoms with Gasteiger partial charge < -0.3 is 20.4 Å². The predicted molar refractivity (Wildman–Crippen MR) is 133 cm³/mol. The number of rotatable bonds is 11. The van der Waals surface area contributed by atoms with E-state index in [9.17, 15) is 0 Å². The number of hydrogen-bond donors (Lipinski definition) is 2. The molecule has 1 unspecified atom stereocenters. The summed E-state index contributed by atoms with van der Waals surface area (Å²) in [5.41, 5.74) is 1.32. The van der Waals surface area contributed by atoms with E-state index in [1.165, 1.54) is 44.3 Å². The van der Waals surface area contributed by atoms with Crippen LogP contribution in [0.15, 0.2) is 35.3 Å². The number of para-hydroxylation sites is 1. The molecule has 2 N–H and O–H groups in total. The predicted octanol–water partition coefficient (Wildman–Crippen LogP) is 3.95. The van der Waals surface area contributed by atoms with E-state index in [0.29, 0.717) is 6.04 Å². The van der Waals surface area contributed by atoms with Crippen molar-refractivity contribution in [3.05, 3.63) is 30.3 Å². The molecule has 1 atom stereocenters. The summed E-state index contributed by atoms with van der Waals surface area (Å²) >= 11 is 0. The zero-order valence-electron chi connectivity index (χ0n) is 18.0. The van der Waals surface area contributed by atoms with Crippen LogP contribution in [0.5, 0.6) is 0 Å². The number of hydrogen-bond acceptors (Lipinski definition) is 3. The second-order valence-electron chi connectivity index (χ2n) is 7.74. The van der Waals surface area contributed by atoms with Gasteiger partial charge in [0.25, 0.3) is 0 Å². The average molecular weight is 502 g/mol. The maximum Gasteiger partial charge on any atom is 0.191 e. The minimum absolute atomic E-state index is 0. The van der Waals surface area contributed by atoms with Gasteiger partial charge in [-0.25, -0.2) is 0 Å². The maximum atomic E-state index is 4.79. The van der Waals surface area contributed by atoms with E-state index in [2.05, 4.69) is 71.8 Å². The van der Waals surface area contributed by atoms with E-state index in [1.807, 2.05) is 0 Å². The van der Waals surface area contributed by atoms with Crippen LogP contribution in [-0.2, 0) is 0 Å². The first-order chi connectivity index (χ1) is 13.2. The highest BCUT2D eigenvalue weighted by molar-refractivity contribution is 14.0. The molecule has 0 radical (unpaired) electrons. The van der Waals surface area contributed by atoms with E-state index in [4.69, 9.17) is 4.99 Å². The van der Waals surface area contributed by atoms with Crippen molar-refractivity contribution in [2.75, 3.05) is 51.7 Å². The fourth-order valence-corrected chi connectivity index (χ4v) is 3.53. The smallest absolute Gasteiger partial charge is 0.191 e. The molecule has 1 aliphatic heterocycles. The van der Waals surface area contributed by atoms with E-state index < -0.39 is 0 Å². The van der Waals surface area contributed by atoms with Gasteiger partial charge in [0.15, 0.2) is 5.96 Å². The highest BCUT2D eigenvalue weighted by atomic mass is 127. The maximum absolute atomic E-state index is 4.79. The van der Waals surface area contributed by atoms with Gasteiger partial charge in [0.05, 0.1) is 0 Å². The topological polar surface area (TPSA) is 42.9 Å². The molecular formula is C22H40IN5. The Kier molecular flexibility index (Phi) is 13.3. The number of guanidine groups is 1. The van der Waals surface area contributed by atoms with Gasteiger partial charge in [0.2, 0.25) is 0 Å². The Hall–Kier alpha value is -1.02. The Morgan fingerprint density at radius 3 is 2.54 bits per heavy atom. The zero-order chi connectivity index (χ0) is 19.3. The number of unbranched alkanes of at least 4 members (excludes halogenated alkanes) is 4. The molecular weight excluding hydrogens is 461 g/mol. The average Bonchev–Trinajstić information content (AvgIpc) is 3.13. The number of benzene rings is 1. The van der Waals surface area contributed by atoms with Crippen molar-refractivity contribution in [3.8, 4) is 0 Å². The van der Waals surface area contributed by atoms with Crippen LogP contribution in [0.4, 0.5) is 5.69 Å². The van der Waals surface area contributed by atoms with Crippen molar-refractivity contribution in [2.45, 2.75) is 51.5 Å². The lowest BCUT2D eigenvalue weighted by atomic mass is 10.1. The number of nitrogens with zero attached hydrogens (tertiary/aromatic N) is 3. The van der Waals surface area contributed by atoms with Crippen LogP contribution in [0.2, 0.25) is 0 Å². The van der Waals surface area contributed by atoms with Gasteiger partial charge in [0.1, 0.15) is 0 Å². The van der Waals surface area contributed by atoms with Gasteiger partial charge in [-0.15, -0.1) is 24.0 Å². The highest BCUT2D eigenvalue weighted by Gasteiger charge is 2.23. The van der Waals surface area contributed by atoms with Crippen LogP contribution in [0.1, 0.15) is 45.4 Å². The van der Waals surface area contributed by atoms with Gasteiger partial charge in [-0.3, -0.25) is 4.99 Å². The Morgan fingerprint density at radius 2 is 1.82 bits per heavy atom. The number of halogens is 1. The van der Waals surface area contributed by atoms with Gasteiger partial charge in [-0.05, 0) is 59.0 Å². The third-order valence-electron chi connectivity index (χ3n) is 5.03. The van der Waals surface area contributed by atoms with Crippen LogP contribution < -0.4 is 15.5 Å². The Bertz CT molecular complexity index is 535. The molecule has 0 aromatic heterocycles. The molecule has 1 fully saturated rings. The van der Waals surface area contributed by atoms with Gasteiger partial charge in [-0.1, -0.05) is 37.5 Å². The molecule has 6 heteroatoms. The van der Waals surface area contributed by atoms with E-state index in [0.717, 1.165) is 38.6 Å². The highest BCUT2D eigenvalue weighted by Crippen LogP contribution is 2.19. The first kappa shape index (κ1) is 25.0. The third kappa shape index (κ3) is 9.96. The first-order valence-electron chi connectivity index (χ1n) is 10.7. The largest absolute Gasteiger partial charge is 0.369 e. The van der Waals surface area contributed by atoms with Crippen molar-refractivity contribution in [1.82, 2.24) is 15.5 Å². The Morgan fingerprint density at radius 1 is 1.11 bits per heavy atom. The normalized spacial score (nSPS) is 16.9. The monoisotopic (exact) mass is 501 g/mol. The summed E-state index contributed by atoms with van der Waals surface area (Å²) in [4.78, 5) is 9.51. The van der Waals surface area contributed by atoms with E-state index >= 15 is 0 Å². The molecule has 5 nitrogen and oxygen atoms in total. The van der Waals surface area contributed by atoms with Crippen LogP contribution in [0, 0.1) is 0 Å².